The van der Waals surface area contributed by atoms with Crippen LogP contribution < -0.4 is 0 Å². The number of nitrogens with zero attached hydrogens (tertiary/aromatic N) is 1. The van der Waals surface area contributed by atoms with Crippen LogP contribution in [0.25, 0.3) is 0 Å². The molecule has 1 aromatic carbocycles. The first kappa shape index (κ1) is 14.7. The van der Waals surface area contributed by atoms with Crippen LogP contribution in [-0.2, 0) is 20.9 Å². The molecule has 2 aliphatic rings. The van der Waals surface area contributed by atoms with E-state index in [-0.39, 0.29) is 18.2 Å². The van der Waals surface area contributed by atoms with E-state index in [9.17, 15) is 0 Å². The molecule has 2 fully saturated rings. The third-order valence-electron chi connectivity index (χ3n) is 4.02. The molecule has 2 aliphatic heterocycles. The summed E-state index contributed by atoms with van der Waals surface area (Å²) in [5.41, 5.74) is 1.23. The number of ether oxygens (including phenoxy) is 2. The van der Waals surface area contributed by atoms with Crippen LogP contribution in [0.3, 0.4) is 0 Å². The van der Waals surface area contributed by atoms with Gasteiger partial charge < -0.3 is 9.47 Å². The minimum Gasteiger partial charge on any atom is -0.348 e. The number of hydrogen-bond donors (Lipinski definition) is 0. The van der Waals surface area contributed by atoms with Crippen molar-refractivity contribution >= 4 is 0 Å². The van der Waals surface area contributed by atoms with Gasteiger partial charge in [0, 0.05) is 6.54 Å². The van der Waals surface area contributed by atoms with E-state index in [0.717, 1.165) is 13.0 Å². The van der Waals surface area contributed by atoms with Crippen molar-refractivity contribution in [1.29, 1.82) is 0 Å². The highest BCUT2D eigenvalue weighted by molar-refractivity contribution is 5.14. The van der Waals surface area contributed by atoms with Crippen LogP contribution in [0.5, 0.6) is 0 Å². The van der Waals surface area contributed by atoms with Crippen LogP contribution in [0.1, 0.15) is 25.8 Å². The molecule has 0 aromatic heterocycles. The fraction of sp³-hybridized carbons (Fsp3) is 0.529. The highest BCUT2D eigenvalue weighted by atomic mass is 16.8. The molecule has 0 radical (unpaired) electrons. The molecule has 0 unspecified atom stereocenters. The van der Waals surface area contributed by atoms with E-state index in [4.69, 9.17) is 14.3 Å². The first-order valence-electron chi connectivity index (χ1n) is 7.49. The Labute approximate surface area is 126 Å². The molecule has 3 atom stereocenters. The quantitative estimate of drug-likeness (QED) is 0.798. The zero-order valence-corrected chi connectivity index (χ0v) is 12.7. The minimum atomic E-state index is -0.505. The van der Waals surface area contributed by atoms with Crippen molar-refractivity contribution in [2.24, 2.45) is 0 Å². The molecule has 1 aromatic rings. The summed E-state index contributed by atoms with van der Waals surface area (Å²) in [5, 5.41) is 2.02. The van der Waals surface area contributed by atoms with Crippen LogP contribution in [0.15, 0.2) is 43.0 Å². The Hall–Kier alpha value is -1.20. The monoisotopic (exact) mass is 289 g/mol. The van der Waals surface area contributed by atoms with Gasteiger partial charge in [0.2, 0.25) is 0 Å². The average molecular weight is 289 g/mol. The van der Waals surface area contributed by atoms with E-state index in [1.165, 1.54) is 5.56 Å². The Morgan fingerprint density at radius 2 is 2.10 bits per heavy atom. The van der Waals surface area contributed by atoms with Gasteiger partial charge in [-0.3, -0.25) is 4.84 Å². The standard InChI is InChI=1S/C17H23NO3/c1-4-14-10-15(16-12-19-17(2,3)20-16)18(21-14)11-13-8-6-5-7-9-13/h4-9,14-16H,1,10-12H2,2-3H3/t14-,15+,16+/m0/s1. The Bertz CT molecular complexity index is 488. The number of hydrogen-bond acceptors (Lipinski definition) is 4. The Balaban J connectivity index is 1.72. The van der Waals surface area contributed by atoms with Crippen molar-refractivity contribution in [1.82, 2.24) is 5.06 Å². The first-order chi connectivity index (χ1) is 10.1. The van der Waals surface area contributed by atoms with Crippen LogP contribution in [0, 0.1) is 0 Å². The highest BCUT2D eigenvalue weighted by Gasteiger charge is 2.44. The van der Waals surface area contributed by atoms with Crippen molar-refractivity contribution < 1.29 is 14.3 Å². The molecular weight excluding hydrogens is 266 g/mol. The van der Waals surface area contributed by atoms with Gasteiger partial charge in [-0.15, -0.1) is 6.58 Å². The Morgan fingerprint density at radius 1 is 1.33 bits per heavy atom. The Morgan fingerprint density at radius 3 is 2.71 bits per heavy atom. The second-order valence-corrected chi connectivity index (χ2v) is 6.11. The zero-order valence-electron chi connectivity index (χ0n) is 12.7. The molecule has 21 heavy (non-hydrogen) atoms. The second kappa shape index (κ2) is 5.89. The van der Waals surface area contributed by atoms with Crippen LogP contribution in [-0.4, -0.2) is 35.7 Å². The third kappa shape index (κ3) is 3.35. The lowest BCUT2D eigenvalue weighted by atomic mass is 10.0. The summed E-state index contributed by atoms with van der Waals surface area (Å²) in [6.45, 7) is 9.11. The molecule has 0 amide bonds. The van der Waals surface area contributed by atoms with E-state index in [1.807, 2.05) is 43.2 Å². The van der Waals surface area contributed by atoms with E-state index < -0.39 is 5.79 Å². The van der Waals surface area contributed by atoms with Crippen molar-refractivity contribution in [3.8, 4) is 0 Å². The molecule has 3 rings (SSSR count). The molecular formula is C17H23NO3. The Kier molecular flexibility index (Phi) is 4.13. The molecule has 4 nitrogen and oxygen atoms in total. The molecule has 0 saturated carbocycles. The van der Waals surface area contributed by atoms with Gasteiger partial charge in [0.1, 0.15) is 6.10 Å². The fourth-order valence-electron chi connectivity index (χ4n) is 2.95. The van der Waals surface area contributed by atoms with E-state index in [2.05, 4.69) is 18.7 Å². The second-order valence-electron chi connectivity index (χ2n) is 6.11. The van der Waals surface area contributed by atoms with Gasteiger partial charge in [0.05, 0.1) is 18.8 Å². The third-order valence-corrected chi connectivity index (χ3v) is 4.02. The summed E-state index contributed by atoms with van der Waals surface area (Å²) >= 11 is 0. The number of benzene rings is 1. The molecule has 0 spiro atoms. The maximum Gasteiger partial charge on any atom is 0.163 e. The van der Waals surface area contributed by atoms with Gasteiger partial charge in [-0.05, 0) is 25.8 Å². The van der Waals surface area contributed by atoms with Gasteiger partial charge in [0.15, 0.2) is 5.79 Å². The lowest BCUT2D eigenvalue weighted by Gasteiger charge is -2.27. The predicted molar refractivity (Wildman–Crippen MR) is 80.4 cm³/mol. The van der Waals surface area contributed by atoms with Crippen molar-refractivity contribution in [3.63, 3.8) is 0 Å². The number of rotatable bonds is 4. The molecule has 2 saturated heterocycles. The molecule has 0 N–H and O–H groups in total. The lowest BCUT2D eigenvalue weighted by molar-refractivity contribution is -0.189. The van der Waals surface area contributed by atoms with Gasteiger partial charge >= 0.3 is 0 Å². The summed E-state index contributed by atoms with van der Waals surface area (Å²) in [6.07, 6.45) is 2.83. The van der Waals surface area contributed by atoms with Crippen molar-refractivity contribution in [2.75, 3.05) is 6.61 Å². The van der Waals surface area contributed by atoms with E-state index in [1.54, 1.807) is 0 Å². The highest BCUT2D eigenvalue weighted by Crippen LogP contribution is 2.33. The van der Waals surface area contributed by atoms with Crippen LogP contribution in [0.2, 0.25) is 0 Å². The summed E-state index contributed by atoms with van der Waals surface area (Å²) < 4.78 is 11.7. The summed E-state index contributed by atoms with van der Waals surface area (Å²) in [5.74, 6) is -0.505. The number of hydroxylamine groups is 2. The van der Waals surface area contributed by atoms with Crippen LogP contribution in [0.4, 0.5) is 0 Å². The minimum absolute atomic E-state index is 0.0358. The summed E-state index contributed by atoms with van der Waals surface area (Å²) in [6, 6.07) is 10.5. The largest absolute Gasteiger partial charge is 0.348 e. The van der Waals surface area contributed by atoms with E-state index >= 15 is 0 Å². The van der Waals surface area contributed by atoms with Gasteiger partial charge in [-0.1, -0.05) is 36.4 Å². The smallest absolute Gasteiger partial charge is 0.163 e. The maximum absolute atomic E-state index is 6.02. The summed E-state index contributed by atoms with van der Waals surface area (Å²) in [7, 11) is 0. The zero-order chi connectivity index (χ0) is 14.9. The van der Waals surface area contributed by atoms with Crippen molar-refractivity contribution in [2.45, 2.75) is 50.8 Å². The first-order valence-corrected chi connectivity index (χ1v) is 7.49. The van der Waals surface area contributed by atoms with Gasteiger partial charge in [0.25, 0.3) is 0 Å². The normalized spacial score (nSPS) is 32.4. The molecule has 114 valence electrons. The molecule has 2 heterocycles. The maximum atomic E-state index is 6.02. The van der Waals surface area contributed by atoms with E-state index in [0.29, 0.717) is 6.61 Å². The lowest BCUT2D eigenvalue weighted by Crippen LogP contribution is -2.40. The van der Waals surface area contributed by atoms with Crippen LogP contribution >= 0.6 is 0 Å². The topological polar surface area (TPSA) is 30.9 Å². The van der Waals surface area contributed by atoms with Crippen molar-refractivity contribution in [3.05, 3.63) is 48.6 Å². The molecule has 4 heteroatoms. The molecule has 0 bridgehead atoms. The fourth-order valence-corrected chi connectivity index (χ4v) is 2.95. The SMILES string of the molecule is C=C[C@H]1C[C@H]([C@H]2COC(C)(C)O2)N(Cc2ccccc2)O1. The van der Waals surface area contributed by atoms with Gasteiger partial charge in [-0.25, -0.2) is 0 Å². The predicted octanol–water partition coefficient (Wildman–Crippen LogP) is 2.90. The molecule has 0 aliphatic carbocycles. The van der Waals surface area contributed by atoms with Gasteiger partial charge in [-0.2, -0.15) is 5.06 Å². The average Bonchev–Trinajstić information content (AvgIpc) is 3.03. The summed E-state index contributed by atoms with van der Waals surface area (Å²) in [4.78, 5) is 5.99.